The van der Waals surface area contributed by atoms with Gasteiger partial charge in [-0.15, -0.1) is 0 Å². The first kappa shape index (κ1) is 20.8. The lowest BCUT2D eigenvalue weighted by atomic mass is 10.1. The maximum atomic E-state index is 13.0. The van der Waals surface area contributed by atoms with Crippen molar-refractivity contribution in [1.82, 2.24) is 19.7 Å². The summed E-state index contributed by atoms with van der Waals surface area (Å²) in [7, 11) is 0. The van der Waals surface area contributed by atoms with Crippen LogP contribution in [0.25, 0.3) is 16.9 Å². The van der Waals surface area contributed by atoms with Crippen molar-refractivity contribution in [2.75, 3.05) is 13.2 Å². The number of ether oxygens (including phenoxy) is 1. The van der Waals surface area contributed by atoms with Gasteiger partial charge < -0.3 is 14.6 Å². The summed E-state index contributed by atoms with van der Waals surface area (Å²) in [6, 6.07) is 9.23. The Kier molecular flexibility index (Phi) is 6.82. The van der Waals surface area contributed by atoms with E-state index in [4.69, 9.17) is 4.74 Å². The second-order valence-electron chi connectivity index (χ2n) is 7.25. The van der Waals surface area contributed by atoms with Crippen LogP contribution in [-0.2, 0) is 11.3 Å². The number of rotatable bonds is 9. The molecule has 2 aliphatic rings. The van der Waals surface area contributed by atoms with Crippen LogP contribution in [0.2, 0.25) is 0 Å². The summed E-state index contributed by atoms with van der Waals surface area (Å²) in [5, 5.41) is 7.40. The van der Waals surface area contributed by atoms with Gasteiger partial charge in [0.15, 0.2) is 0 Å². The maximum Gasteiger partial charge on any atom is 0.282 e. The highest BCUT2D eigenvalue weighted by molar-refractivity contribution is 5.99. The summed E-state index contributed by atoms with van der Waals surface area (Å²) in [5.74, 6) is -0.234. The minimum absolute atomic E-state index is 0.171. The van der Waals surface area contributed by atoms with Gasteiger partial charge in [-0.1, -0.05) is 25.1 Å². The molecule has 0 spiro atoms. The van der Waals surface area contributed by atoms with Crippen molar-refractivity contribution in [2.45, 2.75) is 46.3 Å². The molecule has 1 aromatic rings. The van der Waals surface area contributed by atoms with Crippen LogP contribution in [0.15, 0.2) is 47.5 Å². The molecule has 0 saturated heterocycles. The molecule has 154 valence electrons. The summed E-state index contributed by atoms with van der Waals surface area (Å²) in [4.78, 5) is 25.8. The van der Waals surface area contributed by atoms with Crippen molar-refractivity contribution in [3.05, 3.63) is 58.6 Å². The number of carbonyl (C=O) groups excluding carboxylic acids is 1. The van der Waals surface area contributed by atoms with E-state index >= 15 is 0 Å². The Morgan fingerprint density at radius 1 is 1.21 bits per heavy atom. The molecule has 0 bridgehead atoms. The zero-order chi connectivity index (χ0) is 20.8. The number of hydrogen-bond acceptors (Lipinski definition) is 4. The van der Waals surface area contributed by atoms with E-state index in [1.807, 2.05) is 48.7 Å². The predicted molar refractivity (Wildman–Crippen MR) is 113 cm³/mol. The topological polar surface area (TPSA) is 78.2 Å². The van der Waals surface area contributed by atoms with Gasteiger partial charge >= 0.3 is 0 Å². The maximum absolute atomic E-state index is 13.0. The monoisotopic (exact) mass is 396 g/mol. The van der Waals surface area contributed by atoms with Gasteiger partial charge in [0.25, 0.3) is 11.5 Å². The first-order valence-electron chi connectivity index (χ1n) is 10.1. The Balaban J connectivity index is 1.91. The first-order chi connectivity index (χ1) is 14.0. The molecule has 29 heavy (non-hydrogen) atoms. The van der Waals surface area contributed by atoms with Gasteiger partial charge in [-0.2, -0.15) is 9.78 Å². The molecule has 0 unspecified atom stereocenters. The highest BCUT2D eigenvalue weighted by atomic mass is 16.5. The van der Waals surface area contributed by atoms with Crippen molar-refractivity contribution in [3.63, 3.8) is 0 Å². The number of amides is 1. The lowest BCUT2D eigenvalue weighted by Crippen LogP contribution is -2.27. The molecule has 7 heteroatoms. The number of aryl methyl sites for hydroxylation is 1. The lowest BCUT2D eigenvalue weighted by molar-refractivity contribution is 0.0757. The van der Waals surface area contributed by atoms with Crippen molar-refractivity contribution in [2.24, 2.45) is 0 Å². The Morgan fingerprint density at radius 3 is 2.66 bits per heavy atom. The second-order valence-corrected chi connectivity index (χ2v) is 7.25. The molecule has 3 rings (SSSR count). The molecule has 2 aliphatic heterocycles. The molecule has 0 aromatic heterocycles. The molecule has 1 amide bonds. The highest BCUT2D eigenvalue weighted by Gasteiger charge is 2.24. The van der Waals surface area contributed by atoms with E-state index in [2.05, 4.69) is 17.3 Å². The van der Waals surface area contributed by atoms with Gasteiger partial charge in [-0.05, 0) is 38.8 Å². The van der Waals surface area contributed by atoms with Crippen LogP contribution in [0.5, 0.6) is 0 Å². The number of para-hydroxylation sites is 1. The molecular weight excluding hydrogens is 368 g/mol. The predicted octanol–water partition coefficient (Wildman–Crippen LogP) is 3.09. The van der Waals surface area contributed by atoms with Gasteiger partial charge in [0, 0.05) is 32.1 Å². The number of nitrogens with one attached hydrogen (secondary N) is 1. The molecule has 1 N–H and O–H groups in total. The van der Waals surface area contributed by atoms with Crippen LogP contribution in [-0.4, -0.2) is 39.5 Å². The van der Waals surface area contributed by atoms with Crippen LogP contribution < -0.4 is 10.9 Å². The second kappa shape index (κ2) is 9.52. The minimum Gasteiger partial charge on any atom is -0.379 e. The number of carbonyl (C=O) groups is 1. The van der Waals surface area contributed by atoms with Gasteiger partial charge in [0.1, 0.15) is 5.69 Å². The Hall–Kier alpha value is -2.93. The van der Waals surface area contributed by atoms with Crippen LogP contribution in [0.4, 0.5) is 0 Å². The zero-order valence-electron chi connectivity index (χ0n) is 17.2. The molecular formula is C22H28N4O3. The molecule has 1 aromatic carbocycles. The third kappa shape index (κ3) is 4.92. The smallest absolute Gasteiger partial charge is 0.282 e. The third-order valence-corrected chi connectivity index (χ3v) is 4.51. The third-order valence-electron chi connectivity index (χ3n) is 4.51. The Labute approximate surface area is 170 Å². The SMILES string of the molecule is CCCn1cc(C(=O)NCCCOC(C)C)c2nn(-c3ccccc3)c(=O)c-2c1. The highest BCUT2D eigenvalue weighted by Crippen LogP contribution is 2.22. The van der Waals surface area contributed by atoms with E-state index in [0.29, 0.717) is 42.2 Å². The Bertz CT molecular complexity index is 976. The van der Waals surface area contributed by atoms with E-state index in [1.54, 1.807) is 12.4 Å². The van der Waals surface area contributed by atoms with Crippen LogP contribution in [0, 0.1) is 0 Å². The van der Waals surface area contributed by atoms with Gasteiger partial charge in [-0.3, -0.25) is 9.59 Å². The summed E-state index contributed by atoms with van der Waals surface area (Å²) in [6.07, 6.45) is 5.34. The average Bonchev–Trinajstić information content (AvgIpc) is 3.04. The fourth-order valence-electron chi connectivity index (χ4n) is 3.15. The normalized spacial score (nSPS) is 11.3. The standard InChI is InChI=1S/C22H28N4O3/c1-4-12-25-14-18(21(27)23-11-8-13-29-16(2)3)20-19(15-25)22(28)26(24-20)17-9-6-5-7-10-17/h5-7,9-10,14-16H,4,8,11-13H2,1-3H3,(H,23,27). The summed E-state index contributed by atoms with van der Waals surface area (Å²) < 4.78 is 8.75. The molecule has 0 aliphatic carbocycles. The van der Waals surface area contributed by atoms with E-state index in [9.17, 15) is 9.59 Å². The number of fused-ring (bicyclic) bond motifs is 1. The lowest BCUT2D eigenvalue weighted by Gasteiger charge is -2.12. The van der Waals surface area contributed by atoms with Crippen LogP contribution in [0.3, 0.4) is 0 Å². The van der Waals surface area contributed by atoms with Gasteiger partial charge in [-0.25, -0.2) is 0 Å². The fraction of sp³-hybridized carbons (Fsp3) is 0.409. The largest absolute Gasteiger partial charge is 0.379 e. The van der Waals surface area contributed by atoms with E-state index in [-0.39, 0.29) is 17.6 Å². The number of pyridine rings is 1. The summed E-state index contributed by atoms with van der Waals surface area (Å²) >= 11 is 0. The summed E-state index contributed by atoms with van der Waals surface area (Å²) in [5.41, 5.74) is 1.72. The molecule has 2 heterocycles. The fourth-order valence-corrected chi connectivity index (χ4v) is 3.15. The van der Waals surface area contributed by atoms with Crippen LogP contribution in [0.1, 0.15) is 44.0 Å². The molecule has 0 fully saturated rings. The minimum atomic E-state index is -0.234. The van der Waals surface area contributed by atoms with Gasteiger partial charge in [0.05, 0.1) is 22.9 Å². The number of hydrogen-bond donors (Lipinski definition) is 1. The average molecular weight is 396 g/mol. The quantitative estimate of drug-likeness (QED) is 0.564. The van der Waals surface area contributed by atoms with Crippen LogP contribution >= 0.6 is 0 Å². The first-order valence-corrected chi connectivity index (χ1v) is 10.1. The van der Waals surface area contributed by atoms with Crippen molar-refractivity contribution in [3.8, 4) is 16.9 Å². The van der Waals surface area contributed by atoms with Crippen molar-refractivity contribution in [1.29, 1.82) is 0 Å². The molecule has 0 radical (unpaired) electrons. The van der Waals surface area contributed by atoms with E-state index < -0.39 is 0 Å². The van der Waals surface area contributed by atoms with Crippen molar-refractivity contribution < 1.29 is 9.53 Å². The Morgan fingerprint density at radius 2 is 1.97 bits per heavy atom. The number of aromatic nitrogens is 3. The molecule has 0 atom stereocenters. The number of benzene rings is 1. The molecule has 7 nitrogen and oxygen atoms in total. The summed E-state index contributed by atoms with van der Waals surface area (Å²) in [6.45, 7) is 7.82. The zero-order valence-corrected chi connectivity index (χ0v) is 17.2. The molecule has 0 saturated carbocycles. The van der Waals surface area contributed by atoms with E-state index in [1.165, 1.54) is 4.68 Å². The van der Waals surface area contributed by atoms with Gasteiger partial charge in [0.2, 0.25) is 0 Å². The van der Waals surface area contributed by atoms with E-state index in [0.717, 1.165) is 12.8 Å². The number of nitrogens with zero attached hydrogens (tertiary/aromatic N) is 3. The van der Waals surface area contributed by atoms with Crippen molar-refractivity contribution >= 4 is 5.91 Å².